The second-order valence-corrected chi connectivity index (χ2v) is 5.45. The van der Waals surface area contributed by atoms with E-state index in [2.05, 4.69) is 10.1 Å². The standard InChI is InChI=1S/C15H15F4NO4/c1-23-10(21)7-15(2-4-24-5-3-15)20-14(22)8-6-9(16)12(18)13(19)11(8)17/h6H,2-5,7H2,1H3,(H,20,22). The first kappa shape index (κ1) is 18.2. The molecule has 2 rings (SSSR count). The lowest BCUT2D eigenvalue weighted by atomic mass is 9.86. The summed E-state index contributed by atoms with van der Waals surface area (Å²) in [5, 5.41) is 2.41. The molecule has 1 aliphatic rings. The molecule has 0 aromatic heterocycles. The quantitative estimate of drug-likeness (QED) is 0.391. The van der Waals surface area contributed by atoms with Gasteiger partial charge in [-0.15, -0.1) is 0 Å². The number of carbonyl (C=O) groups is 2. The third kappa shape index (κ3) is 3.66. The lowest BCUT2D eigenvalue weighted by molar-refractivity contribution is -0.143. The Morgan fingerprint density at radius 2 is 1.79 bits per heavy atom. The van der Waals surface area contributed by atoms with Crippen LogP contribution in [-0.4, -0.2) is 37.7 Å². The van der Waals surface area contributed by atoms with E-state index in [1.165, 1.54) is 7.11 Å². The van der Waals surface area contributed by atoms with Crippen LogP contribution in [0.4, 0.5) is 17.6 Å². The monoisotopic (exact) mass is 349 g/mol. The van der Waals surface area contributed by atoms with Gasteiger partial charge in [0, 0.05) is 13.2 Å². The van der Waals surface area contributed by atoms with Crippen molar-refractivity contribution >= 4 is 11.9 Å². The van der Waals surface area contributed by atoms with E-state index in [1.54, 1.807) is 0 Å². The third-order valence-electron chi connectivity index (χ3n) is 3.89. The molecule has 0 aliphatic carbocycles. The zero-order chi connectivity index (χ0) is 17.9. The normalized spacial score (nSPS) is 16.5. The van der Waals surface area contributed by atoms with Crippen LogP contribution in [0.2, 0.25) is 0 Å². The van der Waals surface area contributed by atoms with Gasteiger partial charge in [-0.3, -0.25) is 9.59 Å². The zero-order valence-corrected chi connectivity index (χ0v) is 12.8. The van der Waals surface area contributed by atoms with Crippen LogP contribution in [0.25, 0.3) is 0 Å². The number of rotatable bonds is 4. The van der Waals surface area contributed by atoms with E-state index in [1.807, 2.05) is 0 Å². The van der Waals surface area contributed by atoms with Gasteiger partial charge in [0.15, 0.2) is 23.3 Å². The van der Waals surface area contributed by atoms with Gasteiger partial charge in [0.1, 0.15) is 0 Å². The van der Waals surface area contributed by atoms with Crippen molar-refractivity contribution in [2.75, 3.05) is 20.3 Å². The van der Waals surface area contributed by atoms with Crippen molar-refractivity contribution < 1.29 is 36.6 Å². The zero-order valence-electron chi connectivity index (χ0n) is 12.8. The number of halogens is 4. The fourth-order valence-corrected chi connectivity index (χ4v) is 2.50. The number of ether oxygens (including phenoxy) is 2. The topological polar surface area (TPSA) is 64.6 Å². The van der Waals surface area contributed by atoms with Crippen molar-refractivity contribution in [2.45, 2.75) is 24.8 Å². The SMILES string of the molecule is COC(=O)CC1(NC(=O)c2cc(F)c(F)c(F)c2F)CCOCC1. The predicted molar refractivity (Wildman–Crippen MR) is 73.2 cm³/mol. The highest BCUT2D eigenvalue weighted by Gasteiger charge is 2.38. The summed E-state index contributed by atoms with van der Waals surface area (Å²) in [6.07, 6.45) is 0.232. The van der Waals surface area contributed by atoms with Crippen LogP contribution in [0.1, 0.15) is 29.6 Å². The Labute approximate surface area is 134 Å². The Morgan fingerprint density at radius 1 is 1.17 bits per heavy atom. The molecule has 1 N–H and O–H groups in total. The number of amides is 1. The summed E-state index contributed by atoms with van der Waals surface area (Å²) in [4.78, 5) is 23.8. The lowest BCUT2D eigenvalue weighted by Crippen LogP contribution is -2.53. The number of methoxy groups -OCH3 is 1. The van der Waals surface area contributed by atoms with Gasteiger partial charge in [-0.25, -0.2) is 17.6 Å². The Balaban J connectivity index is 2.30. The van der Waals surface area contributed by atoms with Gasteiger partial charge in [0.25, 0.3) is 5.91 Å². The summed E-state index contributed by atoms with van der Waals surface area (Å²) >= 11 is 0. The fourth-order valence-electron chi connectivity index (χ4n) is 2.50. The average molecular weight is 349 g/mol. The second-order valence-electron chi connectivity index (χ2n) is 5.45. The van der Waals surface area contributed by atoms with Crippen LogP contribution in [-0.2, 0) is 14.3 Å². The van der Waals surface area contributed by atoms with E-state index in [-0.39, 0.29) is 38.5 Å². The molecule has 1 amide bonds. The molecular formula is C15H15F4NO4. The van der Waals surface area contributed by atoms with Gasteiger partial charge >= 0.3 is 5.97 Å². The van der Waals surface area contributed by atoms with Crippen molar-refractivity contribution in [3.8, 4) is 0 Å². The molecule has 1 aromatic rings. The van der Waals surface area contributed by atoms with Crippen LogP contribution < -0.4 is 5.32 Å². The molecule has 0 unspecified atom stereocenters. The van der Waals surface area contributed by atoms with Gasteiger partial charge in [-0.2, -0.15) is 0 Å². The van der Waals surface area contributed by atoms with E-state index < -0.39 is 46.2 Å². The molecule has 0 bridgehead atoms. The largest absolute Gasteiger partial charge is 0.469 e. The Morgan fingerprint density at radius 3 is 2.38 bits per heavy atom. The van der Waals surface area contributed by atoms with Crippen LogP contribution >= 0.6 is 0 Å². The number of hydrogen-bond acceptors (Lipinski definition) is 4. The minimum Gasteiger partial charge on any atom is -0.469 e. The number of nitrogens with one attached hydrogen (secondary N) is 1. The molecule has 1 heterocycles. The van der Waals surface area contributed by atoms with E-state index in [0.717, 1.165) is 0 Å². The van der Waals surface area contributed by atoms with Crippen molar-refractivity contribution in [1.29, 1.82) is 0 Å². The minimum absolute atomic E-state index is 0.216. The van der Waals surface area contributed by atoms with E-state index in [0.29, 0.717) is 0 Å². The summed E-state index contributed by atoms with van der Waals surface area (Å²) in [6, 6.07) is 0.272. The van der Waals surface area contributed by atoms with Gasteiger partial charge in [-0.1, -0.05) is 0 Å². The maximum Gasteiger partial charge on any atom is 0.307 e. The summed E-state index contributed by atoms with van der Waals surface area (Å²) in [6.45, 7) is 0.456. The average Bonchev–Trinajstić information content (AvgIpc) is 2.56. The third-order valence-corrected chi connectivity index (χ3v) is 3.89. The molecule has 0 saturated carbocycles. The lowest BCUT2D eigenvalue weighted by Gasteiger charge is -2.37. The molecule has 1 saturated heterocycles. The highest BCUT2D eigenvalue weighted by atomic mass is 19.2. The van der Waals surface area contributed by atoms with E-state index in [9.17, 15) is 27.2 Å². The summed E-state index contributed by atoms with van der Waals surface area (Å²) in [7, 11) is 1.17. The fraction of sp³-hybridized carbons (Fsp3) is 0.467. The summed E-state index contributed by atoms with van der Waals surface area (Å²) < 4.78 is 63.0. The smallest absolute Gasteiger partial charge is 0.307 e. The van der Waals surface area contributed by atoms with Crippen molar-refractivity contribution in [1.82, 2.24) is 5.32 Å². The van der Waals surface area contributed by atoms with Gasteiger partial charge < -0.3 is 14.8 Å². The predicted octanol–water partition coefficient (Wildman–Crippen LogP) is 2.09. The van der Waals surface area contributed by atoms with Crippen LogP contribution in [0.3, 0.4) is 0 Å². The second kappa shape index (κ2) is 7.16. The Kier molecular flexibility index (Phi) is 5.43. The number of benzene rings is 1. The minimum atomic E-state index is -2.07. The molecule has 0 spiro atoms. The number of carbonyl (C=O) groups excluding carboxylic acids is 2. The maximum absolute atomic E-state index is 13.7. The number of hydrogen-bond donors (Lipinski definition) is 1. The molecule has 1 aromatic carbocycles. The first-order chi connectivity index (χ1) is 11.3. The first-order valence-corrected chi connectivity index (χ1v) is 7.10. The molecule has 9 heteroatoms. The van der Waals surface area contributed by atoms with Crippen molar-refractivity contribution in [3.05, 3.63) is 34.9 Å². The van der Waals surface area contributed by atoms with E-state index in [4.69, 9.17) is 4.74 Å². The first-order valence-electron chi connectivity index (χ1n) is 7.10. The Hall–Kier alpha value is -2.16. The molecule has 24 heavy (non-hydrogen) atoms. The number of esters is 1. The molecule has 132 valence electrons. The van der Waals surface area contributed by atoms with Crippen molar-refractivity contribution in [2.24, 2.45) is 0 Å². The van der Waals surface area contributed by atoms with Crippen LogP contribution in [0.15, 0.2) is 6.07 Å². The summed E-state index contributed by atoms with van der Waals surface area (Å²) in [5.74, 6) is -9.33. The molecule has 1 aliphatic heterocycles. The molecule has 1 fully saturated rings. The van der Waals surface area contributed by atoms with Gasteiger partial charge in [0.2, 0.25) is 0 Å². The highest BCUT2D eigenvalue weighted by molar-refractivity contribution is 5.95. The molecule has 0 radical (unpaired) electrons. The maximum atomic E-state index is 13.7. The highest BCUT2D eigenvalue weighted by Crippen LogP contribution is 2.27. The van der Waals surface area contributed by atoms with Gasteiger partial charge in [0.05, 0.1) is 24.6 Å². The molecular weight excluding hydrogens is 334 g/mol. The van der Waals surface area contributed by atoms with Crippen LogP contribution in [0.5, 0.6) is 0 Å². The van der Waals surface area contributed by atoms with Crippen molar-refractivity contribution in [3.63, 3.8) is 0 Å². The van der Waals surface area contributed by atoms with Crippen LogP contribution in [0, 0.1) is 23.3 Å². The summed E-state index contributed by atoms with van der Waals surface area (Å²) in [5.41, 5.74) is -2.09. The molecule has 5 nitrogen and oxygen atoms in total. The van der Waals surface area contributed by atoms with Gasteiger partial charge in [-0.05, 0) is 18.9 Å². The Bertz CT molecular complexity index is 659. The molecule has 0 atom stereocenters. The van der Waals surface area contributed by atoms with E-state index >= 15 is 0 Å².